The quantitative estimate of drug-likeness (QED) is 0.633. The first kappa shape index (κ1) is 15.8. The second kappa shape index (κ2) is 6.89. The van der Waals surface area contributed by atoms with Gasteiger partial charge in [0, 0.05) is 32.2 Å². The number of nitrogens with one attached hydrogen (secondary N) is 2. The molecule has 2 fully saturated rings. The molecule has 21 heavy (non-hydrogen) atoms. The summed E-state index contributed by atoms with van der Waals surface area (Å²) in [4.78, 5) is 39.1. The lowest BCUT2D eigenvalue weighted by molar-refractivity contribution is -0.160. The van der Waals surface area contributed by atoms with Crippen molar-refractivity contribution in [1.82, 2.24) is 20.4 Å². The van der Waals surface area contributed by atoms with Gasteiger partial charge in [0.15, 0.2) is 0 Å². The molecular formula is C14H24N4O3. The standard InChI is InChI=1S/C14H24N4O3/c1-3-10(4-2)16-12(19)9-17-8-11-7-15-5-6-18(11)14(21)13(17)20/h10-11,15H,3-9H2,1-2H3,(H,16,19). The van der Waals surface area contributed by atoms with Gasteiger partial charge in [-0.3, -0.25) is 14.4 Å². The summed E-state index contributed by atoms with van der Waals surface area (Å²) < 4.78 is 0. The van der Waals surface area contributed by atoms with Gasteiger partial charge in [-0.1, -0.05) is 13.8 Å². The predicted molar refractivity (Wildman–Crippen MR) is 77.5 cm³/mol. The van der Waals surface area contributed by atoms with Gasteiger partial charge in [-0.25, -0.2) is 0 Å². The Balaban J connectivity index is 1.95. The minimum atomic E-state index is -0.562. The van der Waals surface area contributed by atoms with E-state index in [4.69, 9.17) is 0 Å². The molecule has 118 valence electrons. The lowest BCUT2D eigenvalue weighted by Crippen LogP contribution is -2.66. The highest BCUT2D eigenvalue weighted by atomic mass is 16.2. The van der Waals surface area contributed by atoms with Crippen molar-refractivity contribution >= 4 is 17.7 Å². The predicted octanol–water partition coefficient (Wildman–Crippen LogP) is -1.07. The van der Waals surface area contributed by atoms with E-state index in [-0.39, 0.29) is 24.5 Å². The highest BCUT2D eigenvalue weighted by Gasteiger charge is 2.40. The molecule has 0 radical (unpaired) electrons. The Morgan fingerprint density at radius 2 is 2.05 bits per heavy atom. The third-order valence-electron chi connectivity index (χ3n) is 4.20. The zero-order valence-corrected chi connectivity index (χ0v) is 12.7. The first-order chi connectivity index (χ1) is 10.1. The van der Waals surface area contributed by atoms with Crippen molar-refractivity contribution in [2.45, 2.75) is 38.8 Å². The molecule has 2 aliphatic heterocycles. The number of rotatable bonds is 5. The summed E-state index contributed by atoms with van der Waals surface area (Å²) in [7, 11) is 0. The molecule has 0 bridgehead atoms. The van der Waals surface area contributed by atoms with Crippen LogP contribution >= 0.6 is 0 Å². The minimum Gasteiger partial charge on any atom is -0.352 e. The maximum atomic E-state index is 12.1. The van der Waals surface area contributed by atoms with Crippen LogP contribution in [0.25, 0.3) is 0 Å². The molecule has 1 unspecified atom stereocenters. The monoisotopic (exact) mass is 296 g/mol. The van der Waals surface area contributed by atoms with Crippen molar-refractivity contribution in [1.29, 1.82) is 0 Å². The second-order valence-electron chi connectivity index (χ2n) is 5.62. The van der Waals surface area contributed by atoms with Crippen molar-refractivity contribution in [2.75, 3.05) is 32.7 Å². The molecule has 7 heteroatoms. The summed E-state index contributed by atoms with van der Waals surface area (Å²) in [6.07, 6.45) is 1.71. The Labute approximate surface area is 125 Å². The fraction of sp³-hybridized carbons (Fsp3) is 0.786. The van der Waals surface area contributed by atoms with Gasteiger partial charge < -0.3 is 20.4 Å². The van der Waals surface area contributed by atoms with Crippen LogP contribution in [-0.2, 0) is 14.4 Å². The average molecular weight is 296 g/mol. The van der Waals surface area contributed by atoms with Crippen molar-refractivity contribution in [2.24, 2.45) is 0 Å². The lowest BCUT2D eigenvalue weighted by atomic mass is 10.1. The topological polar surface area (TPSA) is 81.8 Å². The average Bonchev–Trinajstić information content (AvgIpc) is 2.50. The zero-order chi connectivity index (χ0) is 15.4. The first-order valence-electron chi connectivity index (χ1n) is 7.66. The number of carbonyl (C=O) groups excluding carboxylic acids is 3. The Morgan fingerprint density at radius 3 is 2.71 bits per heavy atom. The fourth-order valence-corrected chi connectivity index (χ4v) is 2.86. The molecule has 0 aromatic heterocycles. The zero-order valence-electron chi connectivity index (χ0n) is 12.7. The molecule has 0 saturated carbocycles. The molecule has 2 N–H and O–H groups in total. The van der Waals surface area contributed by atoms with Gasteiger partial charge in [-0.2, -0.15) is 0 Å². The minimum absolute atomic E-state index is 0.0232. The largest absolute Gasteiger partial charge is 0.352 e. The third-order valence-corrected chi connectivity index (χ3v) is 4.20. The Kier molecular flexibility index (Phi) is 5.17. The highest BCUT2D eigenvalue weighted by Crippen LogP contribution is 2.13. The molecule has 3 amide bonds. The van der Waals surface area contributed by atoms with E-state index in [2.05, 4.69) is 10.6 Å². The molecule has 2 saturated heterocycles. The van der Waals surface area contributed by atoms with Gasteiger partial charge in [0.05, 0.1) is 6.04 Å². The van der Waals surface area contributed by atoms with Crippen LogP contribution in [0.1, 0.15) is 26.7 Å². The highest BCUT2D eigenvalue weighted by molar-refractivity contribution is 6.35. The summed E-state index contributed by atoms with van der Waals surface area (Å²) in [5, 5.41) is 6.11. The number of fused-ring (bicyclic) bond motifs is 1. The number of hydrogen-bond donors (Lipinski definition) is 2. The molecule has 2 rings (SSSR count). The Morgan fingerprint density at radius 1 is 1.33 bits per heavy atom. The number of hydrogen-bond acceptors (Lipinski definition) is 4. The molecule has 2 aliphatic rings. The van der Waals surface area contributed by atoms with Crippen molar-refractivity contribution in [3.05, 3.63) is 0 Å². The van der Waals surface area contributed by atoms with Gasteiger partial charge in [0.25, 0.3) is 0 Å². The van der Waals surface area contributed by atoms with Gasteiger partial charge in [0.1, 0.15) is 6.54 Å². The van der Waals surface area contributed by atoms with E-state index in [0.717, 1.165) is 12.8 Å². The Hall–Kier alpha value is -1.63. The normalized spacial score (nSPS) is 22.5. The van der Waals surface area contributed by atoms with E-state index >= 15 is 0 Å². The van der Waals surface area contributed by atoms with Crippen LogP contribution < -0.4 is 10.6 Å². The van der Waals surface area contributed by atoms with Crippen LogP contribution in [0.4, 0.5) is 0 Å². The van der Waals surface area contributed by atoms with Gasteiger partial charge in [-0.15, -0.1) is 0 Å². The van der Waals surface area contributed by atoms with Crippen molar-refractivity contribution in [3.63, 3.8) is 0 Å². The molecule has 2 heterocycles. The SMILES string of the molecule is CCC(CC)NC(=O)CN1CC2CNCCN2C(=O)C1=O. The van der Waals surface area contributed by atoms with Crippen LogP contribution in [0.5, 0.6) is 0 Å². The summed E-state index contributed by atoms with van der Waals surface area (Å²) >= 11 is 0. The van der Waals surface area contributed by atoms with E-state index in [1.165, 1.54) is 4.90 Å². The van der Waals surface area contributed by atoms with Gasteiger partial charge >= 0.3 is 11.8 Å². The van der Waals surface area contributed by atoms with E-state index in [9.17, 15) is 14.4 Å². The molecule has 1 atom stereocenters. The molecule has 7 nitrogen and oxygen atoms in total. The van der Waals surface area contributed by atoms with Gasteiger partial charge in [0.2, 0.25) is 5.91 Å². The maximum absolute atomic E-state index is 12.1. The van der Waals surface area contributed by atoms with Crippen LogP contribution in [0, 0.1) is 0 Å². The lowest BCUT2D eigenvalue weighted by Gasteiger charge is -2.43. The van der Waals surface area contributed by atoms with Gasteiger partial charge in [-0.05, 0) is 12.8 Å². The van der Waals surface area contributed by atoms with Crippen LogP contribution in [0.15, 0.2) is 0 Å². The maximum Gasteiger partial charge on any atom is 0.312 e. The van der Waals surface area contributed by atoms with E-state index in [1.54, 1.807) is 4.90 Å². The van der Waals surface area contributed by atoms with Crippen molar-refractivity contribution < 1.29 is 14.4 Å². The van der Waals surface area contributed by atoms with Crippen LogP contribution in [-0.4, -0.2) is 72.3 Å². The fourth-order valence-electron chi connectivity index (χ4n) is 2.86. The van der Waals surface area contributed by atoms with Crippen LogP contribution in [0.2, 0.25) is 0 Å². The summed E-state index contributed by atoms with van der Waals surface area (Å²) in [6.45, 7) is 6.35. The van der Waals surface area contributed by atoms with Crippen molar-refractivity contribution in [3.8, 4) is 0 Å². The molecule has 0 aromatic rings. The smallest absolute Gasteiger partial charge is 0.312 e. The van der Waals surface area contributed by atoms with E-state index in [0.29, 0.717) is 26.2 Å². The summed E-state index contributed by atoms with van der Waals surface area (Å²) in [5.41, 5.74) is 0. The second-order valence-corrected chi connectivity index (χ2v) is 5.62. The number of piperazine rings is 2. The summed E-state index contributed by atoms with van der Waals surface area (Å²) in [6, 6.07) is 0.103. The Bertz CT molecular complexity index is 422. The molecular weight excluding hydrogens is 272 g/mol. The number of nitrogens with zero attached hydrogens (tertiary/aromatic N) is 2. The van der Waals surface area contributed by atoms with Crippen LogP contribution in [0.3, 0.4) is 0 Å². The van der Waals surface area contributed by atoms with E-state index < -0.39 is 11.8 Å². The number of carbonyl (C=O) groups is 3. The third kappa shape index (κ3) is 3.53. The summed E-state index contributed by atoms with van der Waals surface area (Å²) in [5.74, 6) is -1.24. The number of amides is 3. The molecule has 0 spiro atoms. The molecule has 0 aliphatic carbocycles. The van der Waals surface area contributed by atoms with E-state index in [1.807, 2.05) is 13.8 Å². The first-order valence-corrected chi connectivity index (χ1v) is 7.66. The molecule has 0 aromatic carbocycles.